The summed E-state index contributed by atoms with van der Waals surface area (Å²) in [5, 5.41) is 14.0. The van der Waals surface area contributed by atoms with Crippen molar-refractivity contribution in [2.24, 2.45) is 0 Å². The summed E-state index contributed by atoms with van der Waals surface area (Å²) < 4.78 is 0. The summed E-state index contributed by atoms with van der Waals surface area (Å²) in [5.74, 6) is -2.31. The van der Waals surface area contributed by atoms with Gasteiger partial charge in [-0.2, -0.15) is 5.01 Å². The molecule has 3 amide bonds. The lowest BCUT2D eigenvalue weighted by Crippen LogP contribution is -2.55. The fraction of sp³-hybridized carbons (Fsp3) is 0.222. The van der Waals surface area contributed by atoms with Crippen LogP contribution in [0.2, 0.25) is 0 Å². The van der Waals surface area contributed by atoms with Crippen LogP contribution >= 0.6 is 11.3 Å². The van der Waals surface area contributed by atoms with Gasteiger partial charge in [-0.1, -0.05) is 6.07 Å². The van der Waals surface area contributed by atoms with Crippen molar-refractivity contribution >= 4 is 40.5 Å². The number of carbonyl (C=O) groups excluding carboxylic acids is 4. The Bertz CT molecular complexity index is 923. The van der Waals surface area contributed by atoms with E-state index in [0.29, 0.717) is 11.3 Å². The standard InChI is InChI=1S/C18H15N3O6S/c22-14(15-3-2-10-28-15)11-19(20-16(23)4-1-5-17(20)24)18(25)12-6-8-13(9-7-12)21(26)27/h2-3,6-10H,1,4-5,11H2. The third kappa shape index (κ3) is 3.96. The molecule has 1 aliphatic rings. The average molecular weight is 401 g/mol. The summed E-state index contributed by atoms with van der Waals surface area (Å²) in [6.07, 6.45) is 0.554. The lowest BCUT2D eigenvalue weighted by molar-refractivity contribution is -0.384. The van der Waals surface area contributed by atoms with Crippen LogP contribution in [0.1, 0.15) is 39.3 Å². The molecule has 10 heteroatoms. The highest BCUT2D eigenvalue weighted by Gasteiger charge is 2.36. The van der Waals surface area contributed by atoms with Crippen LogP contribution in [0.5, 0.6) is 0 Å². The lowest BCUT2D eigenvalue weighted by Gasteiger charge is -2.34. The molecule has 9 nitrogen and oxygen atoms in total. The number of carbonyl (C=O) groups is 4. The number of amides is 3. The number of rotatable bonds is 6. The second-order valence-electron chi connectivity index (χ2n) is 6.02. The molecule has 0 unspecified atom stereocenters. The van der Waals surface area contributed by atoms with E-state index in [1.54, 1.807) is 17.5 Å². The van der Waals surface area contributed by atoms with Crippen LogP contribution in [0.4, 0.5) is 5.69 Å². The molecule has 3 rings (SSSR count). The van der Waals surface area contributed by atoms with Crippen molar-refractivity contribution in [2.45, 2.75) is 19.3 Å². The van der Waals surface area contributed by atoms with Gasteiger partial charge in [0.2, 0.25) is 11.8 Å². The van der Waals surface area contributed by atoms with E-state index < -0.39 is 35.0 Å². The minimum atomic E-state index is -0.761. The fourth-order valence-corrected chi connectivity index (χ4v) is 3.43. The topological polar surface area (TPSA) is 118 Å². The quantitative estimate of drug-likeness (QED) is 0.317. The zero-order chi connectivity index (χ0) is 20.3. The fourth-order valence-electron chi connectivity index (χ4n) is 2.77. The number of imide groups is 1. The molecule has 2 aromatic rings. The predicted octanol–water partition coefficient (Wildman–Crippen LogP) is 2.44. The Kier molecular flexibility index (Phi) is 5.59. The molecule has 1 aliphatic heterocycles. The molecule has 0 radical (unpaired) electrons. The van der Waals surface area contributed by atoms with Crippen molar-refractivity contribution in [3.63, 3.8) is 0 Å². The molecule has 1 aromatic carbocycles. The van der Waals surface area contributed by atoms with Gasteiger partial charge in [0.1, 0.15) is 6.54 Å². The average Bonchev–Trinajstić information content (AvgIpc) is 3.21. The molecule has 1 fully saturated rings. The summed E-state index contributed by atoms with van der Waals surface area (Å²) in [6.45, 7) is -0.492. The van der Waals surface area contributed by atoms with Crippen LogP contribution in [0, 0.1) is 10.1 Å². The number of piperidine rings is 1. The van der Waals surface area contributed by atoms with E-state index in [9.17, 15) is 29.3 Å². The third-order valence-electron chi connectivity index (χ3n) is 4.14. The molecule has 0 aliphatic carbocycles. The number of hydrogen-bond donors (Lipinski definition) is 0. The zero-order valence-corrected chi connectivity index (χ0v) is 15.4. The van der Waals surface area contributed by atoms with E-state index in [4.69, 9.17) is 0 Å². The monoisotopic (exact) mass is 401 g/mol. The largest absolute Gasteiger partial charge is 0.291 e. The van der Waals surface area contributed by atoms with Crippen LogP contribution in [0.25, 0.3) is 0 Å². The molecule has 0 N–H and O–H groups in total. The summed E-state index contributed by atoms with van der Waals surface area (Å²) in [7, 11) is 0. The zero-order valence-electron chi connectivity index (χ0n) is 14.6. The molecule has 0 bridgehead atoms. The maximum absolute atomic E-state index is 13.0. The minimum absolute atomic E-state index is 0.0238. The molecule has 1 saturated heterocycles. The van der Waals surface area contributed by atoms with E-state index in [2.05, 4.69) is 0 Å². The van der Waals surface area contributed by atoms with Gasteiger partial charge in [0.15, 0.2) is 5.78 Å². The molecule has 0 spiro atoms. The molecule has 28 heavy (non-hydrogen) atoms. The van der Waals surface area contributed by atoms with E-state index in [0.717, 1.165) is 22.2 Å². The number of non-ortho nitro benzene ring substituents is 1. The van der Waals surface area contributed by atoms with Gasteiger partial charge in [0.25, 0.3) is 11.6 Å². The van der Waals surface area contributed by atoms with Crippen LogP contribution in [0.3, 0.4) is 0 Å². The van der Waals surface area contributed by atoms with Crippen molar-refractivity contribution in [3.05, 3.63) is 62.3 Å². The number of hydrogen-bond acceptors (Lipinski definition) is 7. The van der Waals surface area contributed by atoms with Crippen molar-refractivity contribution in [1.29, 1.82) is 0 Å². The van der Waals surface area contributed by atoms with E-state index in [1.165, 1.54) is 23.5 Å². The van der Waals surface area contributed by atoms with E-state index in [1.807, 2.05) is 0 Å². The number of thiophene rings is 1. The molecular formula is C18H15N3O6S. The van der Waals surface area contributed by atoms with Crippen molar-refractivity contribution in [3.8, 4) is 0 Å². The second kappa shape index (κ2) is 8.09. The third-order valence-corrected chi connectivity index (χ3v) is 5.05. The predicted molar refractivity (Wildman–Crippen MR) is 98.5 cm³/mol. The van der Waals surface area contributed by atoms with Gasteiger partial charge >= 0.3 is 0 Å². The molecule has 1 aromatic heterocycles. The highest BCUT2D eigenvalue weighted by Crippen LogP contribution is 2.20. The summed E-state index contributed by atoms with van der Waals surface area (Å²) in [6, 6.07) is 8.00. The number of nitro benzene ring substituents is 1. The molecule has 144 valence electrons. The molecule has 2 heterocycles. The molecule has 0 saturated carbocycles. The number of hydrazine groups is 1. The Morgan fingerprint density at radius 3 is 2.29 bits per heavy atom. The van der Waals surface area contributed by atoms with Crippen LogP contribution in [0.15, 0.2) is 41.8 Å². The van der Waals surface area contributed by atoms with Gasteiger partial charge in [-0.05, 0) is 30.0 Å². The van der Waals surface area contributed by atoms with Gasteiger partial charge in [0, 0.05) is 30.5 Å². The Balaban J connectivity index is 1.93. The van der Waals surface area contributed by atoms with Crippen molar-refractivity contribution < 1.29 is 24.1 Å². The first kappa shape index (κ1) is 19.4. The van der Waals surface area contributed by atoms with E-state index in [-0.39, 0.29) is 24.1 Å². The smallest absolute Gasteiger partial charge is 0.273 e. The van der Waals surface area contributed by atoms with Gasteiger partial charge in [-0.15, -0.1) is 11.3 Å². The first-order valence-electron chi connectivity index (χ1n) is 8.37. The van der Waals surface area contributed by atoms with Crippen LogP contribution < -0.4 is 0 Å². The SMILES string of the molecule is O=C(CN(C(=O)c1ccc([N+](=O)[O-])cc1)N1C(=O)CCCC1=O)c1cccs1. The Morgan fingerprint density at radius 2 is 1.75 bits per heavy atom. The lowest BCUT2D eigenvalue weighted by atomic mass is 10.1. The van der Waals surface area contributed by atoms with Crippen LogP contribution in [-0.4, -0.2) is 45.0 Å². The highest BCUT2D eigenvalue weighted by molar-refractivity contribution is 7.12. The second-order valence-corrected chi connectivity index (χ2v) is 6.97. The van der Waals surface area contributed by atoms with Gasteiger partial charge in [-0.25, -0.2) is 5.01 Å². The molecule has 0 atom stereocenters. The van der Waals surface area contributed by atoms with Gasteiger partial charge in [0.05, 0.1) is 9.80 Å². The maximum atomic E-state index is 13.0. The minimum Gasteiger partial charge on any atom is -0.291 e. The normalized spacial score (nSPS) is 14.1. The number of Topliss-reactive ketones (excluding diaryl/α,β-unsaturated/α-hetero) is 1. The first-order valence-corrected chi connectivity index (χ1v) is 9.25. The number of nitrogens with zero attached hydrogens (tertiary/aromatic N) is 3. The molecular weight excluding hydrogens is 386 g/mol. The van der Waals surface area contributed by atoms with E-state index >= 15 is 0 Å². The number of ketones is 1. The number of benzene rings is 1. The Morgan fingerprint density at radius 1 is 1.11 bits per heavy atom. The van der Waals surface area contributed by atoms with Crippen LogP contribution in [-0.2, 0) is 9.59 Å². The van der Waals surface area contributed by atoms with Gasteiger partial charge < -0.3 is 0 Å². The summed E-state index contributed by atoms with van der Waals surface area (Å²) in [5.41, 5.74) is -0.182. The van der Waals surface area contributed by atoms with Crippen molar-refractivity contribution in [1.82, 2.24) is 10.0 Å². The maximum Gasteiger partial charge on any atom is 0.273 e. The summed E-state index contributed by atoms with van der Waals surface area (Å²) in [4.78, 5) is 60.7. The number of nitro groups is 1. The summed E-state index contributed by atoms with van der Waals surface area (Å²) >= 11 is 1.18. The Labute approximate surface area is 163 Å². The van der Waals surface area contributed by atoms with Gasteiger partial charge in [-0.3, -0.25) is 29.3 Å². The Hall–Kier alpha value is -3.40. The highest BCUT2D eigenvalue weighted by atomic mass is 32.1. The van der Waals surface area contributed by atoms with Crippen molar-refractivity contribution in [2.75, 3.05) is 6.54 Å². The first-order chi connectivity index (χ1) is 13.4.